The van der Waals surface area contributed by atoms with E-state index in [9.17, 15) is 0 Å². The topological polar surface area (TPSA) is 38.0 Å². The lowest BCUT2D eigenvalue weighted by Crippen LogP contribution is -2.47. The highest BCUT2D eigenvalue weighted by atomic mass is 15.2. The van der Waals surface area contributed by atoms with Crippen LogP contribution in [0.4, 0.5) is 0 Å². The van der Waals surface area contributed by atoms with E-state index in [0.717, 1.165) is 6.42 Å². The fourth-order valence-electron chi connectivity index (χ4n) is 2.83. The third-order valence-electron chi connectivity index (χ3n) is 3.80. The highest BCUT2D eigenvalue weighted by molar-refractivity contribution is 5.01. The van der Waals surface area contributed by atoms with Crippen molar-refractivity contribution in [3.63, 3.8) is 0 Å². The second kappa shape index (κ2) is 4.94. The Morgan fingerprint density at radius 2 is 2.07 bits per heavy atom. The molecule has 14 heavy (non-hydrogen) atoms. The number of hydrogen-bond acceptors (Lipinski definition) is 2. The van der Waals surface area contributed by atoms with E-state index in [0.29, 0.717) is 11.5 Å². The summed E-state index contributed by atoms with van der Waals surface area (Å²) in [5.41, 5.74) is 4.67. The minimum atomic E-state index is 0.424. The van der Waals surface area contributed by atoms with Gasteiger partial charge in [-0.25, -0.2) is 0 Å². The first-order valence-electron chi connectivity index (χ1n) is 5.75. The molecule has 0 aromatic rings. The molecule has 82 valence electrons. The number of hydrogen-bond donors (Lipinski definition) is 2. The van der Waals surface area contributed by atoms with Crippen molar-refractivity contribution < 1.29 is 0 Å². The van der Waals surface area contributed by atoms with E-state index in [4.69, 9.17) is 5.84 Å². The molecule has 0 heterocycles. The van der Waals surface area contributed by atoms with Crippen LogP contribution in [0.15, 0.2) is 12.2 Å². The van der Waals surface area contributed by atoms with Gasteiger partial charge in [0.15, 0.2) is 0 Å². The summed E-state index contributed by atoms with van der Waals surface area (Å²) in [7, 11) is 0. The van der Waals surface area contributed by atoms with Gasteiger partial charge in [-0.3, -0.25) is 11.3 Å². The summed E-state index contributed by atoms with van der Waals surface area (Å²) in [5.74, 6) is 5.67. The largest absolute Gasteiger partial charge is 0.271 e. The predicted molar refractivity (Wildman–Crippen MR) is 61.7 cm³/mol. The maximum Gasteiger partial charge on any atom is 0.0303 e. The van der Waals surface area contributed by atoms with Crippen LogP contribution < -0.4 is 11.3 Å². The third kappa shape index (κ3) is 2.37. The predicted octanol–water partition coefficient (Wildman–Crippen LogP) is 2.75. The highest BCUT2D eigenvalue weighted by Gasteiger charge is 2.38. The summed E-state index contributed by atoms with van der Waals surface area (Å²) in [5, 5.41) is 0. The average molecular weight is 196 g/mol. The molecule has 2 heteroatoms. The summed E-state index contributed by atoms with van der Waals surface area (Å²) in [6, 6.07) is 0.424. The zero-order chi connectivity index (χ0) is 10.6. The minimum Gasteiger partial charge on any atom is -0.271 e. The van der Waals surface area contributed by atoms with Crippen LogP contribution in [0.5, 0.6) is 0 Å². The van der Waals surface area contributed by atoms with Crippen LogP contribution in [0.1, 0.15) is 52.4 Å². The normalized spacial score (nSPS) is 22.2. The van der Waals surface area contributed by atoms with E-state index >= 15 is 0 Å². The molecule has 1 aliphatic carbocycles. The van der Waals surface area contributed by atoms with E-state index < -0.39 is 0 Å². The molecule has 1 unspecified atom stereocenters. The van der Waals surface area contributed by atoms with Gasteiger partial charge in [-0.15, -0.1) is 6.58 Å². The van der Waals surface area contributed by atoms with Gasteiger partial charge in [-0.2, -0.15) is 0 Å². The second-order valence-corrected chi connectivity index (χ2v) is 4.80. The maximum atomic E-state index is 5.67. The molecular formula is C12H24N2. The van der Waals surface area contributed by atoms with E-state index in [1.165, 1.54) is 37.7 Å². The van der Waals surface area contributed by atoms with E-state index in [1.807, 2.05) is 0 Å². The van der Waals surface area contributed by atoms with Gasteiger partial charge >= 0.3 is 0 Å². The van der Waals surface area contributed by atoms with Gasteiger partial charge in [0.25, 0.3) is 0 Å². The van der Waals surface area contributed by atoms with Crippen molar-refractivity contribution in [1.82, 2.24) is 5.43 Å². The maximum absolute atomic E-state index is 5.67. The smallest absolute Gasteiger partial charge is 0.0303 e. The summed E-state index contributed by atoms with van der Waals surface area (Å²) >= 11 is 0. The Labute approximate surface area is 87.9 Å². The third-order valence-corrected chi connectivity index (χ3v) is 3.80. The first-order valence-corrected chi connectivity index (χ1v) is 5.75. The van der Waals surface area contributed by atoms with Crippen molar-refractivity contribution in [2.45, 2.75) is 58.4 Å². The zero-order valence-corrected chi connectivity index (χ0v) is 9.60. The Morgan fingerprint density at radius 1 is 1.50 bits per heavy atom. The van der Waals surface area contributed by atoms with Gasteiger partial charge in [0, 0.05) is 6.04 Å². The Kier molecular flexibility index (Phi) is 4.14. The lowest BCUT2D eigenvalue weighted by molar-refractivity contribution is 0.185. The second-order valence-electron chi connectivity index (χ2n) is 4.80. The minimum absolute atomic E-state index is 0.424. The molecule has 1 aliphatic rings. The molecular weight excluding hydrogens is 172 g/mol. The molecule has 0 saturated heterocycles. The van der Waals surface area contributed by atoms with Crippen LogP contribution in [-0.4, -0.2) is 6.04 Å². The number of nitrogens with two attached hydrogens (primary N) is 1. The SMILES string of the molecule is C=C(C)CC(NN)C1(CC)CCCC1. The van der Waals surface area contributed by atoms with Gasteiger partial charge in [-0.1, -0.05) is 25.3 Å². The summed E-state index contributed by atoms with van der Waals surface area (Å²) in [6.07, 6.45) is 7.63. The summed E-state index contributed by atoms with van der Waals surface area (Å²) < 4.78 is 0. The highest BCUT2D eigenvalue weighted by Crippen LogP contribution is 2.45. The molecule has 3 N–H and O–H groups in total. The lowest BCUT2D eigenvalue weighted by atomic mass is 9.74. The van der Waals surface area contributed by atoms with Crippen molar-refractivity contribution in [3.8, 4) is 0 Å². The fraction of sp³-hybridized carbons (Fsp3) is 0.833. The molecule has 0 aromatic carbocycles. The number of hydrazine groups is 1. The lowest BCUT2D eigenvalue weighted by Gasteiger charge is -2.36. The van der Waals surface area contributed by atoms with Crippen molar-refractivity contribution in [2.75, 3.05) is 0 Å². The van der Waals surface area contributed by atoms with Crippen molar-refractivity contribution >= 4 is 0 Å². The van der Waals surface area contributed by atoms with Crippen LogP contribution in [0.2, 0.25) is 0 Å². The van der Waals surface area contributed by atoms with Gasteiger partial charge < -0.3 is 0 Å². The van der Waals surface area contributed by atoms with Crippen LogP contribution in [0.3, 0.4) is 0 Å². The van der Waals surface area contributed by atoms with Gasteiger partial charge in [0.05, 0.1) is 0 Å². The van der Waals surface area contributed by atoms with Crippen molar-refractivity contribution in [1.29, 1.82) is 0 Å². The molecule has 0 bridgehead atoms. The van der Waals surface area contributed by atoms with Crippen LogP contribution >= 0.6 is 0 Å². The number of rotatable bonds is 5. The van der Waals surface area contributed by atoms with E-state index in [2.05, 4.69) is 25.9 Å². The molecule has 1 rings (SSSR count). The van der Waals surface area contributed by atoms with Crippen molar-refractivity contribution in [3.05, 3.63) is 12.2 Å². The van der Waals surface area contributed by atoms with Crippen LogP contribution in [-0.2, 0) is 0 Å². The molecule has 0 radical (unpaired) electrons. The molecule has 0 amide bonds. The van der Waals surface area contributed by atoms with Gasteiger partial charge in [-0.05, 0) is 38.0 Å². The molecule has 0 spiro atoms. The average Bonchev–Trinajstić information content (AvgIpc) is 2.63. The summed E-state index contributed by atoms with van der Waals surface area (Å²) in [4.78, 5) is 0. The number of nitrogens with one attached hydrogen (secondary N) is 1. The molecule has 1 saturated carbocycles. The van der Waals surface area contributed by atoms with E-state index in [1.54, 1.807) is 0 Å². The van der Waals surface area contributed by atoms with Gasteiger partial charge in [0.1, 0.15) is 0 Å². The van der Waals surface area contributed by atoms with Crippen molar-refractivity contribution in [2.24, 2.45) is 11.3 Å². The van der Waals surface area contributed by atoms with Crippen LogP contribution in [0, 0.1) is 5.41 Å². The Morgan fingerprint density at radius 3 is 2.43 bits per heavy atom. The zero-order valence-electron chi connectivity index (χ0n) is 9.60. The fourth-order valence-corrected chi connectivity index (χ4v) is 2.83. The first-order chi connectivity index (χ1) is 6.64. The van der Waals surface area contributed by atoms with Gasteiger partial charge in [0.2, 0.25) is 0 Å². The quantitative estimate of drug-likeness (QED) is 0.403. The monoisotopic (exact) mass is 196 g/mol. The Hall–Kier alpha value is -0.340. The molecule has 1 atom stereocenters. The standard InChI is InChI=1S/C12H24N2/c1-4-12(7-5-6-8-12)11(14-13)9-10(2)3/h11,14H,2,4-9,13H2,1,3H3. The molecule has 0 aromatic heterocycles. The Balaban J connectivity index is 2.68. The molecule has 0 aliphatic heterocycles. The van der Waals surface area contributed by atoms with Crippen LogP contribution in [0.25, 0.3) is 0 Å². The van der Waals surface area contributed by atoms with E-state index in [-0.39, 0.29) is 0 Å². The first kappa shape index (κ1) is 11.7. The Bertz CT molecular complexity index is 192. The molecule has 2 nitrogen and oxygen atoms in total. The summed E-state index contributed by atoms with van der Waals surface area (Å²) in [6.45, 7) is 8.36. The molecule has 1 fully saturated rings.